The van der Waals surface area contributed by atoms with Crippen LogP contribution in [0.25, 0.3) is 0 Å². The minimum absolute atomic E-state index is 0.138. The van der Waals surface area contributed by atoms with Crippen molar-refractivity contribution in [3.05, 3.63) is 58.1 Å². The van der Waals surface area contributed by atoms with Gasteiger partial charge in [-0.15, -0.1) is 0 Å². The Morgan fingerprint density at radius 3 is 2.48 bits per heavy atom. The minimum atomic E-state index is -3.84. The van der Waals surface area contributed by atoms with Gasteiger partial charge in [0.15, 0.2) is 0 Å². The molecule has 0 unspecified atom stereocenters. The van der Waals surface area contributed by atoms with Crippen molar-refractivity contribution in [1.82, 2.24) is 9.62 Å². The van der Waals surface area contributed by atoms with Crippen LogP contribution in [0.2, 0.25) is 0 Å². The van der Waals surface area contributed by atoms with Crippen molar-refractivity contribution in [2.45, 2.75) is 11.4 Å². The Morgan fingerprint density at radius 2 is 1.86 bits per heavy atom. The first-order chi connectivity index (χ1) is 13.6. The summed E-state index contributed by atoms with van der Waals surface area (Å²) in [6.07, 6.45) is 0. The second kappa shape index (κ2) is 9.68. The van der Waals surface area contributed by atoms with E-state index in [9.17, 15) is 18.5 Å². The zero-order chi connectivity index (χ0) is 21.6. The number of anilines is 1. The van der Waals surface area contributed by atoms with E-state index in [1.54, 1.807) is 19.1 Å². The van der Waals surface area contributed by atoms with Gasteiger partial charge in [-0.3, -0.25) is 10.1 Å². The van der Waals surface area contributed by atoms with E-state index in [4.69, 9.17) is 4.74 Å². The highest BCUT2D eigenvalue weighted by atomic mass is 32.2. The molecule has 2 aromatic rings. The fourth-order valence-corrected chi connectivity index (χ4v) is 3.80. The largest absolute Gasteiger partial charge is 0.497 e. The van der Waals surface area contributed by atoms with Gasteiger partial charge in [-0.25, -0.2) is 13.1 Å². The van der Waals surface area contributed by atoms with Crippen molar-refractivity contribution < 1.29 is 18.1 Å². The van der Waals surface area contributed by atoms with Crippen LogP contribution in [0.1, 0.15) is 5.56 Å². The summed E-state index contributed by atoms with van der Waals surface area (Å²) in [6.45, 7) is 1.12. The lowest BCUT2D eigenvalue weighted by Gasteiger charge is -2.20. The van der Waals surface area contributed by atoms with E-state index < -0.39 is 14.9 Å². The van der Waals surface area contributed by atoms with Crippen LogP contribution in [0.15, 0.2) is 47.4 Å². The normalized spacial score (nSPS) is 11.5. The third-order valence-corrected chi connectivity index (χ3v) is 5.73. The van der Waals surface area contributed by atoms with Gasteiger partial charge < -0.3 is 14.5 Å². The highest BCUT2D eigenvalue weighted by Crippen LogP contribution is 2.31. The number of nitrogens with one attached hydrogen (secondary N) is 1. The summed E-state index contributed by atoms with van der Waals surface area (Å²) in [6, 6.07) is 11.3. The van der Waals surface area contributed by atoms with Crippen LogP contribution in [0.4, 0.5) is 11.4 Å². The average molecular weight is 423 g/mol. The van der Waals surface area contributed by atoms with Crippen LogP contribution in [-0.4, -0.2) is 59.6 Å². The first-order valence-electron chi connectivity index (χ1n) is 8.91. The van der Waals surface area contributed by atoms with Gasteiger partial charge in [0.05, 0.1) is 16.9 Å². The van der Waals surface area contributed by atoms with Crippen LogP contribution in [0, 0.1) is 10.1 Å². The van der Waals surface area contributed by atoms with Crippen molar-refractivity contribution in [1.29, 1.82) is 0 Å². The predicted octanol–water partition coefficient (Wildman–Crippen LogP) is 2.08. The van der Waals surface area contributed by atoms with Gasteiger partial charge >= 0.3 is 0 Å². The smallest absolute Gasteiger partial charge is 0.293 e. The Kier molecular flexibility index (Phi) is 7.54. The monoisotopic (exact) mass is 422 g/mol. The molecule has 0 aliphatic heterocycles. The maximum Gasteiger partial charge on any atom is 0.293 e. The summed E-state index contributed by atoms with van der Waals surface area (Å²) < 4.78 is 32.6. The second-order valence-corrected chi connectivity index (χ2v) is 8.58. The second-order valence-electron chi connectivity index (χ2n) is 6.82. The molecule has 158 valence electrons. The van der Waals surface area contributed by atoms with Crippen molar-refractivity contribution in [3.8, 4) is 5.75 Å². The molecule has 0 heterocycles. The lowest BCUT2D eigenvalue weighted by atomic mass is 10.2. The van der Waals surface area contributed by atoms with Crippen molar-refractivity contribution in [2.75, 3.05) is 46.2 Å². The van der Waals surface area contributed by atoms with E-state index in [-0.39, 0.29) is 17.1 Å². The molecule has 29 heavy (non-hydrogen) atoms. The zero-order valence-electron chi connectivity index (χ0n) is 17.0. The van der Waals surface area contributed by atoms with E-state index in [2.05, 4.69) is 4.72 Å². The predicted molar refractivity (Wildman–Crippen MR) is 112 cm³/mol. The fourth-order valence-electron chi connectivity index (χ4n) is 2.76. The van der Waals surface area contributed by atoms with Crippen molar-refractivity contribution >= 4 is 21.4 Å². The quantitative estimate of drug-likeness (QED) is 0.462. The van der Waals surface area contributed by atoms with Crippen LogP contribution in [-0.2, 0) is 16.6 Å². The molecule has 10 heteroatoms. The Bertz CT molecular complexity index is 963. The highest BCUT2D eigenvalue weighted by molar-refractivity contribution is 7.89. The van der Waals surface area contributed by atoms with Gasteiger partial charge in [0, 0.05) is 32.7 Å². The molecule has 0 saturated heterocycles. The molecule has 0 saturated carbocycles. The van der Waals surface area contributed by atoms with E-state index in [1.807, 2.05) is 43.3 Å². The zero-order valence-corrected chi connectivity index (χ0v) is 17.8. The summed E-state index contributed by atoms with van der Waals surface area (Å²) in [4.78, 5) is 14.4. The number of nitrogens with zero attached hydrogens (tertiary/aromatic N) is 3. The van der Waals surface area contributed by atoms with Crippen LogP contribution in [0.3, 0.4) is 0 Å². The van der Waals surface area contributed by atoms with Crippen molar-refractivity contribution in [3.63, 3.8) is 0 Å². The van der Waals surface area contributed by atoms with Crippen LogP contribution in [0.5, 0.6) is 5.75 Å². The molecule has 0 bridgehead atoms. The van der Waals surface area contributed by atoms with Gasteiger partial charge in [0.25, 0.3) is 5.69 Å². The SMILES string of the molecule is COc1cccc(CN(C)c2ccc(S(=O)(=O)NCCN(C)C)cc2[N+](=O)[O-])c1. The number of sulfonamides is 1. The Hall–Kier alpha value is -2.69. The van der Waals surface area contributed by atoms with E-state index in [0.29, 0.717) is 24.5 Å². The molecular weight excluding hydrogens is 396 g/mol. The lowest BCUT2D eigenvalue weighted by Crippen LogP contribution is -2.31. The molecular formula is C19H26N4O5S. The number of benzene rings is 2. The number of rotatable bonds is 10. The Balaban J connectivity index is 2.28. The van der Waals surface area contributed by atoms with Gasteiger partial charge in [-0.1, -0.05) is 12.1 Å². The minimum Gasteiger partial charge on any atom is -0.497 e. The summed E-state index contributed by atoms with van der Waals surface area (Å²) >= 11 is 0. The third kappa shape index (κ3) is 6.14. The van der Waals surface area contributed by atoms with E-state index in [0.717, 1.165) is 11.6 Å². The summed E-state index contributed by atoms with van der Waals surface area (Å²) in [7, 11) is 3.09. The molecule has 0 spiro atoms. The first kappa shape index (κ1) is 22.6. The molecule has 0 radical (unpaired) electrons. The Morgan fingerprint density at radius 1 is 1.14 bits per heavy atom. The first-order valence-corrected chi connectivity index (χ1v) is 10.4. The van der Waals surface area contributed by atoms with Crippen LogP contribution >= 0.6 is 0 Å². The number of nitro benzene ring substituents is 1. The average Bonchev–Trinajstić information content (AvgIpc) is 2.67. The van der Waals surface area contributed by atoms with Gasteiger partial charge in [-0.05, 0) is 43.9 Å². The Labute approximate surface area is 171 Å². The van der Waals surface area contributed by atoms with Crippen LogP contribution < -0.4 is 14.4 Å². The number of hydrogen-bond donors (Lipinski definition) is 1. The van der Waals surface area contributed by atoms with E-state index >= 15 is 0 Å². The van der Waals surface area contributed by atoms with Crippen molar-refractivity contribution in [2.24, 2.45) is 0 Å². The molecule has 0 aliphatic rings. The fraction of sp³-hybridized carbons (Fsp3) is 0.368. The lowest BCUT2D eigenvalue weighted by molar-refractivity contribution is -0.384. The number of likely N-dealkylation sites (N-methyl/N-ethyl adjacent to an activating group) is 1. The van der Waals surface area contributed by atoms with Gasteiger partial charge in [-0.2, -0.15) is 0 Å². The van der Waals surface area contributed by atoms with Gasteiger partial charge in [0.2, 0.25) is 10.0 Å². The number of methoxy groups -OCH3 is 1. The molecule has 0 amide bonds. The highest BCUT2D eigenvalue weighted by Gasteiger charge is 2.23. The maximum absolute atomic E-state index is 12.5. The van der Waals surface area contributed by atoms with Gasteiger partial charge in [0.1, 0.15) is 11.4 Å². The molecule has 0 aliphatic carbocycles. The molecule has 1 N–H and O–H groups in total. The molecule has 0 aromatic heterocycles. The summed E-state index contributed by atoms with van der Waals surface area (Å²) in [5.74, 6) is 0.690. The maximum atomic E-state index is 12.5. The molecule has 2 rings (SSSR count). The molecule has 9 nitrogen and oxygen atoms in total. The molecule has 0 atom stereocenters. The third-order valence-electron chi connectivity index (χ3n) is 4.27. The number of ether oxygens (including phenoxy) is 1. The number of nitro groups is 1. The molecule has 2 aromatic carbocycles. The topological polar surface area (TPSA) is 105 Å². The standard InChI is InChI=1S/C19H26N4O5S/c1-21(2)11-10-20-29(26,27)17-8-9-18(19(13-17)23(24)25)22(3)14-15-6-5-7-16(12-15)28-4/h5-9,12-13,20H,10-11,14H2,1-4H3. The van der Waals surface area contributed by atoms with E-state index in [1.165, 1.54) is 12.1 Å². The number of hydrogen-bond acceptors (Lipinski definition) is 7. The summed E-state index contributed by atoms with van der Waals surface area (Å²) in [5.41, 5.74) is 0.958. The summed E-state index contributed by atoms with van der Waals surface area (Å²) in [5, 5.41) is 11.6. The molecule has 0 fully saturated rings.